The summed E-state index contributed by atoms with van der Waals surface area (Å²) < 4.78 is 5.94. The monoisotopic (exact) mass is 263 g/mol. The van der Waals surface area contributed by atoms with Gasteiger partial charge in [-0.3, -0.25) is 0 Å². The lowest BCUT2D eigenvalue weighted by Crippen LogP contribution is -2.18. The van der Waals surface area contributed by atoms with Gasteiger partial charge in [0.25, 0.3) is 0 Å². The molecule has 1 aromatic heterocycles. The fraction of sp³-hybridized carbons (Fsp3) is 0.733. The zero-order chi connectivity index (χ0) is 13.5. The van der Waals surface area contributed by atoms with Crippen LogP contribution >= 0.6 is 0 Å². The number of ether oxygens (including phenoxy) is 1. The number of nitrogens with one attached hydrogen (secondary N) is 1. The summed E-state index contributed by atoms with van der Waals surface area (Å²) in [4.78, 5) is 8.62. The summed E-state index contributed by atoms with van der Waals surface area (Å²) in [6.45, 7) is 5.47. The normalized spacial score (nSPS) is 17.2. The topological polar surface area (TPSA) is 47.0 Å². The highest BCUT2D eigenvalue weighted by Gasteiger charge is 2.11. The van der Waals surface area contributed by atoms with E-state index in [1.54, 1.807) is 0 Å². The van der Waals surface area contributed by atoms with E-state index >= 15 is 0 Å². The van der Waals surface area contributed by atoms with Crippen molar-refractivity contribution in [3.05, 3.63) is 17.6 Å². The highest BCUT2D eigenvalue weighted by Crippen LogP contribution is 2.19. The largest absolute Gasteiger partial charge is 0.376 e. The number of aryl methyl sites for hydroxylation is 2. The molecule has 19 heavy (non-hydrogen) atoms. The van der Waals surface area contributed by atoms with Gasteiger partial charge in [0.15, 0.2) is 0 Å². The van der Waals surface area contributed by atoms with Gasteiger partial charge in [-0.25, -0.2) is 9.97 Å². The fourth-order valence-corrected chi connectivity index (χ4v) is 2.62. The van der Waals surface area contributed by atoms with Crippen molar-refractivity contribution in [2.45, 2.75) is 58.5 Å². The van der Waals surface area contributed by atoms with Gasteiger partial charge in [-0.05, 0) is 26.7 Å². The van der Waals surface area contributed by atoms with Crippen LogP contribution in [0.5, 0.6) is 0 Å². The van der Waals surface area contributed by atoms with Crippen LogP contribution in [0.15, 0.2) is 6.07 Å². The molecule has 0 aromatic carbocycles. The predicted molar refractivity (Wildman–Crippen MR) is 77.4 cm³/mol. The van der Waals surface area contributed by atoms with Gasteiger partial charge in [0.1, 0.15) is 11.6 Å². The van der Waals surface area contributed by atoms with Crippen molar-refractivity contribution in [3.8, 4) is 0 Å². The van der Waals surface area contributed by atoms with Crippen molar-refractivity contribution < 1.29 is 4.74 Å². The van der Waals surface area contributed by atoms with Crippen LogP contribution in [0.1, 0.15) is 50.0 Å². The van der Waals surface area contributed by atoms with E-state index in [2.05, 4.69) is 15.3 Å². The molecule has 0 aliphatic heterocycles. The van der Waals surface area contributed by atoms with Crippen LogP contribution in [0, 0.1) is 13.8 Å². The molecule has 0 amide bonds. The third kappa shape index (κ3) is 5.15. The zero-order valence-corrected chi connectivity index (χ0v) is 12.1. The van der Waals surface area contributed by atoms with E-state index in [4.69, 9.17) is 4.74 Å². The van der Waals surface area contributed by atoms with Crippen molar-refractivity contribution >= 4 is 5.82 Å². The van der Waals surface area contributed by atoms with Gasteiger partial charge in [-0.1, -0.05) is 25.7 Å². The average Bonchev–Trinajstić information content (AvgIpc) is 2.62. The highest BCUT2D eigenvalue weighted by atomic mass is 16.5. The first-order chi connectivity index (χ1) is 9.24. The Kier molecular flexibility index (Phi) is 5.58. The molecule has 1 aromatic rings. The Hall–Kier alpha value is -1.16. The Morgan fingerprint density at radius 2 is 1.89 bits per heavy atom. The molecule has 0 bridgehead atoms. The maximum absolute atomic E-state index is 5.94. The molecule has 4 nitrogen and oxygen atoms in total. The summed E-state index contributed by atoms with van der Waals surface area (Å²) in [7, 11) is 0. The Bertz CT molecular complexity index is 367. The predicted octanol–water partition coefficient (Wildman–Crippen LogP) is 3.24. The van der Waals surface area contributed by atoms with Crippen LogP contribution in [-0.2, 0) is 4.74 Å². The quantitative estimate of drug-likeness (QED) is 0.654. The average molecular weight is 263 g/mol. The van der Waals surface area contributed by atoms with Gasteiger partial charge in [0.05, 0.1) is 12.7 Å². The molecule has 1 fully saturated rings. The highest BCUT2D eigenvalue weighted by molar-refractivity contribution is 5.35. The summed E-state index contributed by atoms with van der Waals surface area (Å²) in [6, 6.07) is 1.97. The molecule has 0 atom stereocenters. The van der Waals surface area contributed by atoms with E-state index in [0.29, 0.717) is 6.10 Å². The van der Waals surface area contributed by atoms with E-state index < -0.39 is 0 Å². The molecule has 0 radical (unpaired) electrons. The molecule has 4 heteroatoms. The maximum atomic E-state index is 5.94. The molecule has 0 saturated heterocycles. The second-order valence-electron chi connectivity index (χ2n) is 5.35. The number of nitrogens with zero attached hydrogens (tertiary/aromatic N) is 2. The second-order valence-corrected chi connectivity index (χ2v) is 5.35. The van der Waals surface area contributed by atoms with Crippen LogP contribution in [0.2, 0.25) is 0 Å². The van der Waals surface area contributed by atoms with Crippen LogP contribution in [-0.4, -0.2) is 29.2 Å². The lowest BCUT2D eigenvalue weighted by molar-refractivity contribution is 0.0501. The Balaban J connectivity index is 1.68. The minimum Gasteiger partial charge on any atom is -0.376 e. The zero-order valence-electron chi connectivity index (χ0n) is 12.1. The first-order valence-corrected chi connectivity index (χ1v) is 7.42. The molecular formula is C15H25N3O. The molecule has 1 heterocycles. The lowest BCUT2D eigenvalue weighted by Gasteiger charge is -2.15. The van der Waals surface area contributed by atoms with E-state index in [1.165, 1.54) is 38.5 Å². The van der Waals surface area contributed by atoms with E-state index in [1.807, 2.05) is 19.9 Å². The summed E-state index contributed by atoms with van der Waals surface area (Å²) >= 11 is 0. The second kappa shape index (κ2) is 7.43. The van der Waals surface area contributed by atoms with Gasteiger partial charge in [0.2, 0.25) is 0 Å². The molecule has 2 rings (SSSR count). The number of aromatic nitrogens is 2. The smallest absolute Gasteiger partial charge is 0.129 e. The number of anilines is 1. The molecule has 106 valence electrons. The molecular weight excluding hydrogens is 238 g/mol. The minimum absolute atomic E-state index is 0.471. The Morgan fingerprint density at radius 3 is 2.58 bits per heavy atom. The third-order valence-corrected chi connectivity index (χ3v) is 3.53. The van der Waals surface area contributed by atoms with Gasteiger partial charge in [0, 0.05) is 18.3 Å². The minimum atomic E-state index is 0.471. The summed E-state index contributed by atoms with van der Waals surface area (Å²) in [5, 5.41) is 3.31. The summed E-state index contributed by atoms with van der Waals surface area (Å²) in [5.74, 6) is 1.71. The van der Waals surface area contributed by atoms with Crippen molar-refractivity contribution in [3.63, 3.8) is 0 Å². The summed E-state index contributed by atoms with van der Waals surface area (Å²) in [6.07, 6.45) is 8.32. The number of hydrogen-bond acceptors (Lipinski definition) is 4. The van der Waals surface area contributed by atoms with Gasteiger partial charge in [-0.15, -0.1) is 0 Å². The molecule has 1 aliphatic carbocycles. The van der Waals surface area contributed by atoms with Crippen molar-refractivity contribution in [1.29, 1.82) is 0 Å². The number of rotatable bonds is 5. The first kappa shape index (κ1) is 14.3. The maximum Gasteiger partial charge on any atom is 0.129 e. The van der Waals surface area contributed by atoms with Crippen molar-refractivity contribution in [1.82, 2.24) is 9.97 Å². The SMILES string of the molecule is Cc1cc(NCCOC2CCCCCC2)nc(C)n1. The van der Waals surface area contributed by atoms with Crippen molar-refractivity contribution in [2.24, 2.45) is 0 Å². The molecule has 0 spiro atoms. The van der Waals surface area contributed by atoms with Crippen LogP contribution in [0.25, 0.3) is 0 Å². The molecule has 0 unspecified atom stereocenters. The fourth-order valence-electron chi connectivity index (χ4n) is 2.62. The van der Waals surface area contributed by atoms with Crippen LogP contribution in [0.3, 0.4) is 0 Å². The van der Waals surface area contributed by atoms with Gasteiger partial charge in [-0.2, -0.15) is 0 Å². The van der Waals surface area contributed by atoms with Crippen LogP contribution in [0.4, 0.5) is 5.82 Å². The third-order valence-electron chi connectivity index (χ3n) is 3.53. The Labute approximate surface area is 116 Å². The number of hydrogen-bond donors (Lipinski definition) is 1. The van der Waals surface area contributed by atoms with E-state index in [0.717, 1.165) is 30.5 Å². The van der Waals surface area contributed by atoms with Gasteiger partial charge >= 0.3 is 0 Å². The standard InChI is InChI=1S/C15H25N3O/c1-12-11-15(18-13(2)17-12)16-9-10-19-14-7-5-3-4-6-8-14/h11,14H,3-10H2,1-2H3,(H,16,17,18). The lowest BCUT2D eigenvalue weighted by atomic mass is 10.1. The molecule has 1 saturated carbocycles. The van der Waals surface area contributed by atoms with Gasteiger partial charge < -0.3 is 10.1 Å². The molecule has 1 aliphatic rings. The van der Waals surface area contributed by atoms with Crippen molar-refractivity contribution in [2.75, 3.05) is 18.5 Å². The van der Waals surface area contributed by atoms with E-state index in [-0.39, 0.29) is 0 Å². The van der Waals surface area contributed by atoms with E-state index in [9.17, 15) is 0 Å². The first-order valence-electron chi connectivity index (χ1n) is 7.42. The molecule has 1 N–H and O–H groups in total. The van der Waals surface area contributed by atoms with Crippen LogP contribution < -0.4 is 5.32 Å². The summed E-state index contributed by atoms with van der Waals surface area (Å²) in [5.41, 5.74) is 1.000. The Morgan fingerprint density at radius 1 is 1.16 bits per heavy atom.